The number of carboxylic acid groups (broad SMARTS) is 2. The summed E-state index contributed by atoms with van der Waals surface area (Å²) in [7, 11) is -7.87. The Labute approximate surface area is 228 Å². The lowest BCUT2D eigenvalue weighted by Crippen LogP contribution is -2.57. The summed E-state index contributed by atoms with van der Waals surface area (Å²) < 4.78 is 50.9. The zero-order valence-electron chi connectivity index (χ0n) is 22.1. The second-order valence-corrected chi connectivity index (χ2v) is 12.8. The highest BCUT2D eigenvalue weighted by Gasteiger charge is 2.32. The summed E-state index contributed by atoms with van der Waals surface area (Å²) in [6, 6.07) is 1.70. The molecular weight excluding hydrogens is 554 g/mol. The van der Waals surface area contributed by atoms with E-state index in [1.165, 1.54) is 12.1 Å². The first-order valence-corrected chi connectivity index (χ1v) is 15.4. The van der Waals surface area contributed by atoms with Crippen LogP contribution in [0.2, 0.25) is 0 Å². The molecule has 0 radical (unpaired) electrons. The van der Waals surface area contributed by atoms with E-state index in [0.29, 0.717) is 6.42 Å². The molecule has 0 heterocycles. The number of aliphatic carboxylic acids is 2. The lowest BCUT2D eigenvalue weighted by atomic mass is 9.97. The van der Waals surface area contributed by atoms with Crippen LogP contribution in [0.1, 0.15) is 45.1 Å². The Kier molecular flexibility index (Phi) is 12.8. The first-order valence-electron chi connectivity index (χ1n) is 12.0. The van der Waals surface area contributed by atoms with Gasteiger partial charge in [0.2, 0.25) is 21.8 Å². The quantitative estimate of drug-likeness (QED) is 0.181. The van der Waals surface area contributed by atoms with Crippen molar-refractivity contribution in [3.8, 4) is 0 Å². The Balaban J connectivity index is 3.24. The number of hydrogen-bond donors (Lipinski definition) is 5. The Bertz CT molecular complexity index is 1280. The van der Waals surface area contributed by atoms with Gasteiger partial charge in [-0.2, -0.15) is 4.72 Å². The number of carbonyl (C=O) groups excluding carboxylic acids is 2. The summed E-state index contributed by atoms with van der Waals surface area (Å²) in [6.07, 6.45) is 0.653. The van der Waals surface area contributed by atoms with Gasteiger partial charge in [-0.15, -0.1) is 0 Å². The van der Waals surface area contributed by atoms with Crippen molar-refractivity contribution in [1.82, 2.24) is 15.4 Å². The van der Waals surface area contributed by atoms with E-state index in [-0.39, 0.29) is 4.90 Å². The highest BCUT2D eigenvalue weighted by molar-refractivity contribution is 7.93. The number of benzene rings is 1. The van der Waals surface area contributed by atoms with Gasteiger partial charge >= 0.3 is 11.9 Å². The van der Waals surface area contributed by atoms with Gasteiger partial charge in [-0.05, 0) is 31.4 Å². The number of carbonyl (C=O) groups is 4. The van der Waals surface area contributed by atoms with Crippen LogP contribution in [0, 0.1) is 12.8 Å². The maximum atomic E-state index is 13.2. The van der Waals surface area contributed by atoms with Gasteiger partial charge < -0.3 is 20.8 Å². The lowest BCUT2D eigenvalue weighted by molar-refractivity contribution is -0.139. The number of amides is 2. The van der Waals surface area contributed by atoms with Crippen LogP contribution in [0.4, 0.5) is 0 Å². The minimum absolute atomic E-state index is 0.147. The lowest BCUT2D eigenvalue weighted by Gasteiger charge is -2.27. The third-order valence-corrected chi connectivity index (χ3v) is 7.80. The predicted molar refractivity (Wildman–Crippen MR) is 142 cm³/mol. The predicted octanol–water partition coefficient (Wildman–Crippen LogP) is 0.555. The third kappa shape index (κ3) is 12.4. The van der Waals surface area contributed by atoms with Crippen LogP contribution < -0.4 is 15.4 Å². The summed E-state index contributed by atoms with van der Waals surface area (Å²) >= 11 is 0. The van der Waals surface area contributed by atoms with E-state index >= 15 is 0 Å². The number of nitrogens with one attached hydrogen (secondary N) is 3. The van der Waals surface area contributed by atoms with Crippen LogP contribution >= 0.6 is 0 Å². The van der Waals surface area contributed by atoms with E-state index in [1.807, 2.05) is 0 Å². The van der Waals surface area contributed by atoms with Gasteiger partial charge in [-0.3, -0.25) is 19.2 Å². The summed E-state index contributed by atoms with van der Waals surface area (Å²) in [5.41, 5.74) is 0.795. The van der Waals surface area contributed by atoms with E-state index in [1.54, 1.807) is 32.9 Å². The number of carboxylic acids is 2. The van der Waals surface area contributed by atoms with Gasteiger partial charge in [0.25, 0.3) is 0 Å². The molecule has 15 heteroatoms. The topological polar surface area (TPSA) is 213 Å². The van der Waals surface area contributed by atoms with Crippen molar-refractivity contribution in [3.05, 3.63) is 41.3 Å². The zero-order chi connectivity index (χ0) is 30.0. The number of rotatable bonds is 16. The number of sulfone groups is 1. The molecule has 1 aromatic rings. The van der Waals surface area contributed by atoms with Crippen molar-refractivity contribution in [3.63, 3.8) is 0 Å². The highest BCUT2D eigenvalue weighted by Crippen LogP contribution is 2.14. The average molecular weight is 590 g/mol. The molecular formula is C24H35N3O10S2. The van der Waals surface area contributed by atoms with Gasteiger partial charge in [0.05, 0.1) is 17.4 Å². The smallest absolute Gasteiger partial charge is 0.305 e. The van der Waals surface area contributed by atoms with Crippen LogP contribution in [-0.4, -0.2) is 75.2 Å². The van der Waals surface area contributed by atoms with Gasteiger partial charge in [0.1, 0.15) is 12.1 Å². The SMILES string of the molecule is CCC(C)[C@@H](NC(=O)[C@H](CCC(=O)O)NS(=O)(=O)c1ccc(C)cc1)C(=O)N[C@H](/C=C/S(C)(=O)=O)CC(=O)O. The van der Waals surface area contributed by atoms with E-state index in [2.05, 4.69) is 15.4 Å². The number of hydrogen-bond acceptors (Lipinski definition) is 8. The molecule has 39 heavy (non-hydrogen) atoms. The van der Waals surface area contributed by atoms with Crippen LogP contribution in [0.3, 0.4) is 0 Å². The monoisotopic (exact) mass is 589 g/mol. The second-order valence-electron chi connectivity index (χ2n) is 9.16. The molecule has 4 atom stereocenters. The van der Waals surface area contributed by atoms with Crippen LogP contribution in [0.25, 0.3) is 0 Å². The molecule has 1 aromatic carbocycles. The molecule has 0 aliphatic heterocycles. The molecule has 0 spiro atoms. The van der Waals surface area contributed by atoms with Gasteiger partial charge in [-0.25, -0.2) is 16.8 Å². The van der Waals surface area contributed by atoms with Crippen LogP contribution in [0.15, 0.2) is 40.6 Å². The summed E-state index contributed by atoms with van der Waals surface area (Å²) in [4.78, 5) is 48.5. The van der Waals surface area contributed by atoms with Gasteiger partial charge in [0.15, 0.2) is 9.84 Å². The summed E-state index contributed by atoms with van der Waals surface area (Å²) in [6.45, 7) is 5.09. The van der Waals surface area contributed by atoms with Gasteiger partial charge in [0, 0.05) is 18.1 Å². The maximum Gasteiger partial charge on any atom is 0.305 e. The van der Waals surface area contributed by atoms with Crippen molar-refractivity contribution in [1.29, 1.82) is 0 Å². The van der Waals surface area contributed by atoms with E-state index in [9.17, 15) is 36.0 Å². The van der Waals surface area contributed by atoms with E-state index in [0.717, 1.165) is 23.3 Å². The summed E-state index contributed by atoms with van der Waals surface area (Å²) in [5, 5.41) is 23.8. The van der Waals surface area contributed by atoms with Crippen molar-refractivity contribution in [2.75, 3.05) is 6.26 Å². The molecule has 1 unspecified atom stereocenters. The van der Waals surface area contributed by atoms with Crippen LogP contribution in [0.5, 0.6) is 0 Å². The fraction of sp³-hybridized carbons (Fsp3) is 0.500. The minimum atomic E-state index is -4.24. The normalized spacial score (nSPS) is 15.2. The van der Waals surface area contributed by atoms with Gasteiger partial charge in [-0.1, -0.05) is 44.0 Å². The summed E-state index contributed by atoms with van der Waals surface area (Å²) in [5.74, 6) is -4.91. The van der Waals surface area contributed by atoms with Crippen molar-refractivity contribution < 1.29 is 46.2 Å². The van der Waals surface area contributed by atoms with E-state index in [4.69, 9.17) is 10.2 Å². The number of sulfonamides is 1. The molecule has 0 bridgehead atoms. The molecule has 218 valence electrons. The molecule has 2 amide bonds. The molecule has 5 N–H and O–H groups in total. The third-order valence-electron chi connectivity index (χ3n) is 5.67. The fourth-order valence-electron chi connectivity index (χ4n) is 3.31. The van der Waals surface area contributed by atoms with Crippen molar-refractivity contribution in [2.24, 2.45) is 5.92 Å². The average Bonchev–Trinajstić information content (AvgIpc) is 2.82. The van der Waals surface area contributed by atoms with E-state index < -0.39 is 86.9 Å². The standard InChI is InChI=1S/C24H35N3O10S2/c1-5-16(3)22(24(33)25-17(14-21(30)31)12-13-38(4,34)35)26-23(32)19(10-11-20(28)29)27-39(36,37)18-8-6-15(2)7-9-18/h6-9,12-13,16-17,19,22,27H,5,10-11,14H2,1-4H3,(H,25,33)(H,26,32)(H,28,29)(H,30,31)/b13-12+/t16?,17-,19+,22-/m1/s1. The molecule has 0 saturated carbocycles. The van der Waals surface area contributed by atoms with Crippen molar-refractivity contribution >= 4 is 43.6 Å². The zero-order valence-corrected chi connectivity index (χ0v) is 23.7. The second kappa shape index (κ2) is 14.7. The van der Waals surface area contributed by atoms with Crippen LogP contribution in [-0.2, 0) is 39.0 Å². The maximum absolute atomic E-state index is 13.2. The molecule has 13 nitrogen and oxygen atoms in total. The molecule has 0 aliphatic rings. The Morgan fingerprint density at radius 2 is 1.54 bits per heavy atom. The molecule has 0 saturated heterocycles. The Morgan fingerprint density at radius 3 is 2.03 bits per heavy atom. The molecule has 1 rings (SSSR count). The first kappa shape index (κ1) is 33.7. The molecule has 0 aliphatic carbocycles. The first-order chi connectivity index (χ1) is 17.9. The molecule has 0 fully saturated rings. The Hall–Kier alpha value is -3.30. The largest absolute Gasteiger partial charge is 0.481 e. The van der Waals surface area contributed by atoms with Crippen molar-refractivity contribution in [2.45, 2.75) is 69.5 Å². The minimum Gasteiger partial charge on any atom is -0.481 e. The highest BCUT2D eigenvalue weighted by atomic mass is 32.2. The molecule has 0 aromatic heterocycles. The fourth-order valence-corrected chi connectivity index (χ4v) is 5.01. The number of aryl methyl sites for hydroxylation is 1. The Morgan fingerprint density at radius 1 is 0.949 bits per heavy atom.